The molecule has 0 aromatic carbocycles. The topological polar surface area (TPSA) is 93.8 Å². The molecule has 0 aliphatic carbocycles. The van der Waals surface area contributed by atoms with Gasteiger partial charge in [0.2, 0.25) is 5.91 Å². The molecule has 0 saturated carbocycles. The minimum absolute atomic E-state index is 0.184. The zero-order valence-corrected chi connectivity index (χ0v) is 13.6. The molecule has 0 heterocycles. The van der Waals surface area contributed by atoms with E-state index in [9.17, 15) is 9.59 Å². The molecule has 0 fully saturated rings. The molecular formula is C12H23N3O3S2. The van der Waals surface area contributed by atoms with Gasteiger partial charge in [-0.05, 0) is 18.4 Å². The molecule has 0 saturated heterocycles. The van der Waals surface area contributed by atoms with Crippen molar-refractivity contribution in [1.82, 2.24) is 5.32 Å². The quantitative estimate of drug-likeness (QED) is 0.316. The number of thioether (sulfide) groups is 2. The van der Waals surface area contributed by atoms with E-state index in [1.54, 1.807) is 11.8 Å². The van der Waals surface area contributed by atoms with E-state index in [1.807, 2.05) is 18.0 Å². The van der Waals surface area contributed by atoms with Crippen molar-refractivity contribution < 1.29 is 14.4 Å². The number of primary amides is 1. The number of nitrogens with zero attached hydrogens (tertiary/aromatic N) is 1. The van der Waals surface area contributed by atoms with Crippen molar-refractivity contribution >= 4 is 41.0 Å². The molecule has 0 aromatic heterocycles. The first-order valence-corrected chi connectivity index (χ1v) is 8.94. The van der Waals surface area contributed by atoms with Gasteiger partial charge in [0, 0.05) is 11.5 Å². The largest absolute Gasteiger partial charge is 0.386 e. The maximum absolute atomic E-state index is 11.3. The van der Waals surface area contributed by atoms with Crippen molar-refractivity contribution in [2.24, 2.45) is 10.9 Å². The highest BCUT2D eigenvalue weighted by molar-refractivity contribution is 8.01. The molecule has 2 amide bonds. The van der Waals surface area contributed by atoms with E-state index in [1.165, 1.54) is 12.8 Å². The second-order valence-corrected chi connectivity index (χ2v) is 5.98. The Balaban J connectivity index is 3.94. The summed E-state index contributed by atoms with van der Waals surface area (Å²) in [5.41, 5.74) is 5.83. The van der Waals surface area contributed by atoms with Gasteiger partial charge >= 0.3 is 0 Å². The summed E-state index contributed by atoms with van der Waals surface area (Å²) in [6, 6.07) is 0. The Morgan fingerprint density at radius 3 is 2.70 bits per heavy atom. The fraction of sp³-hybridized carbons (Fsp3) is 0.750. The molecule has 20 heavy (non-hydrogen) atoms. The maximum Gasteiger partial charge on any atom is 0.261 e. The van der Waals surface area contributed by atoms with E-state index in [4.69, 9.17) is 10.6 Å². The molecule has 0 aromatic rings. The molecule has 0 bridgehead atoms. The summed E-state index contributed by atoms with van der Waals surface area (Å²) < 4.78 is 0. The standard InChI is InChI=1S/C12H23N3O3S2/c1-3-4-5-20-9-10(8-19-2)15-18-7-12(17)14-6-11(13)16/h3-9H2,1-2H3,(H2,13,16)(H,14,17)/b15-10-. The lowest BCUT2D eigenvalue weighted by molar-refractivity contribution is -0.128. The Hall–Kier alpha value is -0.890. The number of carbonyl (C=O) groups excluding carboxylic acids is 2. The Morgan fingerprint density at radius 2 is 2.10 bits per heavy atom. The van der Waals surface area contributed by atoms with Crippen molar-refractivity contribution in [3.05, 3.63) is 0 Å². The predicted octanol–water partition coefficient (Wildman–Crippen LogP) is 0.857. The van der Waals surface area contributed by atoms with Crippen LogP contribution in [-0.2, 0) is 14.4 Å². The zero-order chi connectivity index (χ0) is 15.2. The first-order chi connectivity index (χ1) is 9.60. The van der Waals surface area contributed by atoms with Crippen LogP contribution in [0.1, 0.15) is 19.8 Å². The molecular weight excluding hydrogens is 298 g/mol. The normalized spacial score (nSPS) is 11.2. The number of unbranched alkanes of at least 4 members (excludes halogenated alkanes) is 1. The van der Waals surface area contributed by atoms with Crippen LogP contribution in [0.5, 0.6) is 0 Å². The van der Waals surface area contributed by atoms with Crippen LogP contribution in [0.3, 0.4) is 0 Å². The van der Waals surface area contributed by atoms with Gasteiger partial charge in [0.15, 0.2) is 6.61 Å². The van der Waals surface area contributed by atoms with E-state index in [2.05, 4.69) is 17.4 Å². The number of hydrogen-bond donors (Lipinski definition) is 2. The summed E-state index contributed by atoms with van der Waals surface area (Å²) in [6.07, 6.45) is 4.36. The van der Waals surface area contributed by atoms with Crippen LogP contribution in [0.25, 0.3) is 0 Å². The molecule has 0 unspecified atom stereocenters. The Bertz CT molecular complexity index is 325. The van der Waals surface area contributed by atoms with Gasteiger partial charge in [0.25, 0.3) is 5.91 Å². The number of carbonyl (C=O) groups is 2. The zero-order valence-electron chi connectivity index (χ0n) is 12.0. The fourth-order valence-corrected chi connectivity index (χ4v) is 2.76. The van der Waals surface area contributed by atoms with Crippen molar-refractivity contribution in [2.45, 2.75) is 19.8 Å². The average molecular weight is 321 g/mol. The van der Waals surface area contributed by atoms with Crippen LogP contribution < -0.4 is 11.1 Å². The van der Waals surface area contributed by atoms with E-state index in [0.717, 1.165) is 23.0 Å². The number of oxime groups is 1. The van der Waals surface area contributed by atoms with Gasteiger partial charge < -0.3 is 15.9 Å². The van der Waals surface area contributed by atoms with Gasteiger partial charge in [0.05, 0.1) is 12.3 Å². The van der Waals surface area contributed by atoms with Crippen molar-refractivity contribution in [2.75, 3.05) is 36.7 Å². The fourth-order valence-electron chi connectivity index (χ4n) is 1.12. The Labute approximate surface area is 128 Å². The van der Waals surface area contributed by atoms with Gasteiger partial charge in [-0.2, -0.15) is 23.5 Å². The molecule has 0 aliphatic heterocycles. The van der Waals surface area contributed by atoms with E-state index in [-0.39, 0.29) is 13.2 Å². The SMILES string of the molecule is CCCCSC/C(CSC)=N\OCC(=O)NCC(N)=O. The smallest absolute Gasteiger partial charge is 0.261 e. The van der Waals surface area contributed by atoms with Gasteiger partial charge in [-0.25, -0.2) is 0 Å². The Morgan fingerprint density at radius 1 is 1.35 bits per heavy atom. The number of nitrogens with one attached hydrogen (secondary N) is 1. The molecule has 116 valence electrons. The summed E-state index contributed by atoms with van der Waals surface area (Å²) in [5, 5.41) is 6.31. The van der Waals surface area contributed by atoms with Gasteiger partial charge in [-0.1, -0.05) is 18.5 Å². The second-order valence-electron chi connectivity index (χ2n) is 4.01. The van der Waals surface area contributed by atoms with Gasteiger partial charge in [-0.3, -0.25) is 9.59 Å². The summed E-state index contributed by atoms with van der Waals surface area (Å²) in [5.74, 6) is 1.70. The van der Waals surface area contributed by atoms with E-state index >= 15 is 0 Å². The lowest BCUT2D eigenvalue weighted by Crippen LogP contribution is -2.35. The third-order valence-electron chi connectivity index (χ3n) is 2.07. The van der Waals surface area contributed by atoms with Crippen LogP contribution in [0.4, 0.5) is 0 Å². The van der Waals surface area contributed by atoms with Crippen LogP contribution in [0, 0.1) is 0 Å². The van der Waals surface area contributed by atoms with Gasteiger partial charge in [0.1, 0.15) is 0 Å². The second kappa shape index (κ2) is 13.1. The highest BCUT2D eigenvalue weighted by Crippen LogP contribution is 2.07. The predicted molar refractivity (Wildman–Crippen MR) is 86.2 cm³/mol. The number of hydrogen-bond acceptors (Lipinski definition) is 6. The van der Waals surface area contributed by atoms with Crippen molar-refractivity contribution in [3.8, 4) is 0 Å². The molecule has 0 atom stereocenters. The first kappa shape index (κ1) is 19.1. The van der Waals surface area contributed by atoms with Crippen LogP contribution >= 0.6 is 23.5 Å². The molecule has 0 spiro atoms. The highest BCUT2D eigenvalue weighted by atomic mass is 32.2. The monoisotopic (exact) mass is 321 g/mol. The first-order valence-electron chi connectivity index (χ1n) is 6.39. The summed E-state index contributed by atoms with van der Waals surface area (Å²) in [4.78, 5) is 26.7. The lowest BCUT2D eigenvalue weighted by Gasteiger charge is -2.06. The number of rotatable bonds is 12. The molecule has 0 radical (unpaired) electrons. The summed E-state index contributed by atoms with van der Waals surface area (Å²) in [7, 11) is 0. The van der Waals surface area contributed by atoms with E-state index < -0.39 is 11.8 Å². The highest BCUT2D eigenvalue weighted by Gasteiger charge is 2.04. The molecule has 3 N–H and O–H groups in total. The minimum Gasteiger partial charge on any atom is -0.386 e. The lowest BCUT2D eigenvalue weighted by atomic mass is 10.4. The van der Waals surface area contributed by atoms with E-state index in [0.29, 0.717) is 0 Å². The van der Waals surface area contributed by atoms with Crippen LogP contribution in [0.2, 0.25) is 0 Å². The van der Waals surface area contributed by atoms with Crippen molar-refractivity contribution in [3.63, 3.8) is 0 Å². The molecule has 0 rings (SSSR count). The number of amides is 2. The summed E-state index contributed by atoms with van der Waals surface area (Å²) in [6.45, 7) is 1.77. The maximum atomic E-state index is 11.3. The van der Waals surface area contributed by atoms with Crippen molar-refractivity contribution in [1.29, 1.82) is 0 Å². The average Bonchev–Trinajstić information content (AvgIpc) is 2.41. The Kier molecular flexibility index (Phi) is 12.5. The molecule has 6 nitrogen and oxygen atoms in total. The minimum atomic E-state index is -0.586. The third-order valence-corrected chi connectivity index (χ3v) is 3.81. The summed E-state index contributed by atoms with van der Waals surface area (Å²) >= 11 is 3.47. The van der Waals surface area contributed by atoms with Gasteiger partial charge in [-0.15, -0.1) is 0 Å². The third kappa shape index (κ3) is 12.2. The number of nitrogens with two attached hydrogens (primary N) is 1. The van der Waals surface area contributed by atoms with Crippen LogP contribution in [0.15, 0.2) is 5.16 Å². The van der Waals surface area contributed by atoms with Crippen LogP contribution in [-0.4, -0.2) is 54.2 Å². The molecule has 0 aliphatic rings. The molecule has 8 heteroatoms.